The number of amides is 2. The van der Waals surface area contributed by atoms with Crippen LogP contribution in [0.1, 0.15) is 60.8 Å². The van der Waals surface area contributed by atoms with E-state index in [-0.39, 0.29) is 48.1 Å². The molecule has 29 heavy (non-hydrogen) atoms. The normalized spacial score (nSPS) is 17.8. The van der Waals surface area contributed by atoms with Gasteiger partial charge in [-0.3, -0.25) is 9.79 Å². The minimum absolute atomic E-state index is 0. The zero-order valence-corrected chi connectivity index (χ0v) is 21.4. The molecule has 1 heterocycles. The highest BCUT2D eigenvalue weighted by molar-refractivity contribution is 14.0. The van der Waals surface area contributed by atoms with Gasteiger partial charge < -0.3 is 25.6 Å². The molecule has 1 rings (SSSR count). The third kappa shape index (κ3) is 12.8. The second kappa shape index (κ2) is 12.4. The topological polar surface area (TPSA) is 95.1 Å². The summed E-state index contributed by atoms with van der Waals surface area (Å²) >= 11 is 0. The lowest BCUT2D eigenvalue weighted by Gasteiger charge is -2.34. The molecule has 1 atom stereocenters. The van der Waals surface area contributed by atoms with E-state index in [4.69, 9.17) is 4.74 Å². The minimum atomic E-state index is -0.469. The Morgan fingerprint density at radius 3 is 2.34 bits per heavy atom. The molecule has 0 bridgehead atoms. The number of hydrogen-bond acceptors (Lipinski definition) is 4. The van der Waals surface area contributed by atoms with Gasteiger partial charge in [-0.15, -0.1) is 24.0 Å². The number of halogens is 1. The van der Waals surface area contributed by atoms with Gasteiger partial charge in [-0.25, -0.2) is 4.79 Å². The maximum absolute atomic E-state index is 12.3. The second-order valence-electron chi connectivity index (χ2n) is 9.37. The molecule has 0 aliphatic carbocycles. The maximum Gasteiger partial charge on any atom is 0.410 e. The van der Waals surface area contributed by atoms with Gasteiger partial charge in [-0.2, -0.15) is 0 Å². The predicted molar refractivity (Wildman–Crippen MR) is 128 cm³/mol. The van der Waals surface area contributed by atoms with Gasteiger partial charge in [0.15, 0.2) is 5.96 Å². The van der Waals surface area contributed by atoms with Crippen molar-refractivity contribution in [3.63, 3.8) is 0 Å². The van der Waals surface area contributed by atoms with Crippen LogP contribution in [-0.2, 0) is 9.53 Å². The largest absolute Gasteiger partial charge is 0.444 e. The summed E-state index contributed by atoms with van der Waals surface area (Å²) in [6.45, 7) is 13.9. The van der Waals surface area contributed by atoms with E-state index in [2.05, 4.69) is 20.9 Å². The molecule has 0 aromatic heterocycles. The maximum atomic E-state index is 12.3. The van der Waals surface area contributed by atoms with Crippen LogP contribution < -0.4 is 16.0 Å². The molecule has 1 fully saturated rings. The summed E-state index contributed by atoms with van der Waals surface area (Å²) in [6, 6.07) is 0. The van der Waals surface area contributed by atoms with E-state index in [0.717, 1.165) is 38.9 Å². The lowest BCUT2D eigenvalue weighted by Crippen LogP contribution is -2.48. The molecule has 8 nitrogen and oxygen atoms in total. The van der Waals surface area contributed by atoms with Gasteiger partial charge in [-0.1, -0.05) is 0 Å². The first-order valence-electron chi connectivity index (χ1n) is 10.1. The molecular weight excluding hydrogens is 485 g/mol. The van der Waals surface area contributed by atoms with Crippen LogP contribution in [0.4, 0.5) is 4.79 Å². The Kier molecular flexibility index (Phi) is 11.9. The first-order chi connectivity index (χ1) is 12.9. The van der Waals surface area contributed by atoms with E-state index in [0.29, 0.717) is 11.9 Å². The third-order valence-electron chi connectivity index (χ3n) is 4.17. The van der Waals surface area contributed by atoms with Crippen LogP contribution in [0.2, 0.25) is 0 Å². The number of nitrogens with one attached hydrogen (secondary N) is 3. The zero-order valence-electron chi connectivity index (χ0n) is 19.1. The third-order valence-corrected chi connectivity index (χ3v) is 4.17. The van der Waals surface area contributed by atoms with Crippen molar-refractivity contribution in [1.29, 1.82) is 0 Å². The summed E-state index contributed by atoms with van der Waals surface area (Å²) in [5.74, 6) is 0.954. The molecule has 0 aromatic rings. The van der Waals surface area contributed by atoms with Gasteiger partial charge in [0.05, 0.1) is 6.54 Å². The summed E-state index contributed by atoms with van der Waals surface area (Å²) in [6.07, 6.45) is 2.78. The number of likely N-dealkylation sites (tertiary alicyclic amines) is 1. The van der Waals surface area contributed by atoms with Crippen LogP contribution >= 0.6 is 24.0 Å². The molecule has 1 aliphatic rings. The minimum Gasteiger partial charge on any atom is -0.444 e. The SMILES string of the molecule is CN=C(NCCC1CCCN(C(=O)OC(C)(C)C)C1)NCC(=O)NC(C)(C)C.I. The fourth-order valence-electron chi connectivity index (χ4n) is 3.03. The van der Waals surface area contributed by atoms with Crippen LogP contribution in [0, 0.1) is 5.92 Å². The number of carbonyl (C=O) groups is 2. The van der Waals surface area contributed by atoms with E-state index in [1.807, 2.05) is 46.4 Å². The summed E-state index contributed by atoms with van der Waals surface area (Å²) in [4.78, 5) is 30.1. The van der Waals surface area contributed by atoms with Crippen molar-refractivity contribution in [3.8, 4) is 0 Å². The molecular formula is C20H40IN5O3. The average Bonchev–Trinajstić information content (AvgIpc) is 2.55. The number of hydrogen-bond donors (Lipinski definition) is 3. The first-order valence-corrected chi connectivity index (χ1v) is 10.1. The number of rotatable bonds is 5. The fourth-order valence-corrected chi connectivity index (χ4v) is 3.03. The van der Waals surface area contributed by atoms with Crippen molar-refractivity contribution in [3.05, 3.63) is 0 Å². The quantitative estimate of drug-likeness (QED) is 0.292. The Morgan fingerprint density at radius 2 is 1.79 bits per heavy atom. The number of ether oxygens (including phenoxy) is 1. The summed E-state index contributed by atoms with van der Waals surface area (Å²) in [7, 11) is 1.68. The molecule has 1 saturated heterocycles. The van der Waals surface area contributed by atoms with Gasteiger partial charge in [0.25, 0.3) is 0 Å². The van der Waals surface area contributed by atoms with E-state index in [1.54, 1.807) is 7.05 Å². The number of nitrogens with zero attached hydrogens (tertiary/aromatic N) is 2. The molecule has 3 N–H and O–H groups in total. The highest BCUT2D eigenvalue weighted by Gasteiger charge is 2.27. The molecule has 0 saturated carbocycles. The second-order valence-corrected chi connectivity index (χ2v) is 9.37. The molecule has 0 spiro atoms. The van der Waals surface area contributed by atoms with Crippen molar-refractivity contribution in [2.24, 2.45) is 10.9 Å². The number of guanidine groups is 1. The summed E-state index contributed by atoms with van der Waals surface area (Å²) in [5, 5.41) is 9.17. The molecule has 2 amide bonds. The molecule has 9 heteroatoms. The van der Waals surface area contributed by atoms with Gasteiger partial charge in [0, 0.05) is 32.2 Å². The molecule has 1 unspecified atom stereocenters. The van der Waals surface area contributed by atoms with Crippen molar-refractivity contribution >= 4 is 41.9 Å². The average molecular weight is 525 g/mol. The number of piperidine rings is 1. The summed E-state index contributed by atoms with van der Waals surface area (Å²) < 4.78 is 5.48. The van der Waals surface area contributed by atoms with E-state index in [1.165, 1.54) is 0 Å². The van der Waals surface area contributed by atoms with Gasteiger partial charge >= 0.3 is 6.09 Å². The summed E-state index contributed by atoms with van der Waals surface area (Å²) in [5.41, 5.74) is -0.722. The van der Waals surface area contributed by atoms with Crippen molar-refractivity contribution in [1.82, 2.24) is 20.9 Å². The number of aliphatic imine (C=N–C) groups is 1. The molecule has 0 aromatic carbocycles. The van der Waals surface area contributed by atoms with Crippen LogP contribution in [0.15, 0.2) is 4.99 Å². The fraction of sp³-hybridized carbons (Fsp3) is 0.850. The molecule has 170 valence electrons. The molecule has 1 aliphatic heterocycles. The Morgan fingerprint density at radius 1 is 1.14 bits per heavy atom. The predicted octanol–water partition coefficient (Wildman–Crippen LogP) is 2.72. The van der Waals surface area contributed by atoms with E-state index >= 15 is 0 Å². The first kappa shape index (κ1) is 27.7. The van der Waals surface area contributed by atoms with Gasteiger partial charge in [0.2, 0.25) is 5.91 Å². The highest BCUT2D eigenvalue weighted by Crippen LogP contribution is 2.21. The van der Waals surface area contributed by atoms with Crippen LogP contribution in [-0.4, -0.2) is 67.2 Å². The van der Waals surface area contributed by atoms with Gasteiger partial charge in [0.1, 0.15) is 5.60 Å². The number of carbonyl (C=O) groups excluding carboxylic acids is 2. The smallest absolute Gasteiger partial charge is 0.410 e. The van der Waals surface area contributed by atoms with Crippen molar-refractivity contribution in [2.45, 2.75) is 71.9 Å². The van der Waals surface area contributed by atoms with Gasteiger partial charge in [-0.05, 0) is 66.7 Å². The lowest BCUT2D eigenvalue weighted by atomic mass is 9.95. The Balaban J connectivity index is 0.00000784. The molecule has 0 radical (unpaired) electrons. The zero-order chi connectivity index (χ0) is 21.4. The van der Waals surface area contributed by atoms with Crippen LogP contribution in [0.25, 0.3) is 0 Å². The van der Waals surface area contributed by atoms with Crippen molar-refractivity contribution < 1.29 is 14.3 Å². The van der Waals surface area contributed by atoms with Crippen LogP contribution in [0.3, 0.4) is 0 Å². The lowest BCUT2D eigenvalue weighted by molar-refractivity contribution is -0.121. The van der Waals surface area contributed by atoms with Crippen LogP contribution in [0.5, 0.6) is 0 Å². The Bertz CT molecular complexity index is 555. The Labute approximate surface area is 193 Å². The monoisotopic (exact) mass is 525 g/mol. The Hall–Kier alpha value is -1.26. The highest BCUT2D eigenvalue weighted by atomic mass is 127. The standard InChI is InChI=1S/C20H39N5O3.HI/c1-19(2,3)24-16(26)13-23-17(21-7)22-11-10-15-9-8-12-25(14-15)18(27)28-20(4,5)6;/h15H,8-14H2,1-7H3,(H,24,26)(H2,21,22,23);1H. The van der Waals surface area contributed by atoms with E-state index < -0.39 is 5.60 Å². The van der Waals surface area contributed by atoms with E-state index in [9.17, 15) is 9.59 Å². The van der Waals surface area contributed by atoms with Crippen molar-refractivity contribution in [2.75, 3.05) is 33.2 Å².